The molecule has 31 heavy (non-hydrogen) atoms. The van der Waals surface area contributed by atoms with Crippen molar-refractivity contribution >= 4 is 19.1 Å². The Morgan fingerprint density at radius 1 is 0.806 bits per heavy atom. The summed E-state index contributed by atoms with van der Waals surface area (Å²) in [5, 5.41) is 10.9. The van der Waals surface area contributed by atoms with Gasteiger partial charge in [-0.25, -0.2) is 0 Å². The van der Waals surface area contributed by atoms with E-state index in [1.165, 1.54) is 58.3 Å². The summed E-state index contributed by atoms with van der Waals surface area (Å²) < 4.78 is 0. The topological polar surface area (TPSA) is 66.4 Å². The Hall–Kier alpha value is -1.41. The van der Waals surface area contributed by atoms with Gasteiger partial charge in [0, 0.05) is 12.8 Å². The number of carboxylic acid groups (broad SMARTS) is 1. The first-order valence-corrected chi connectivity index (χ1v) is 14.8. The summed E-state index contributed by atoms with van der Waals surface area (Å²) in [6.45, 7) is 10.8. The standard InChI is InChI=1S/C16H36P.C10H11NO3/c1-5-9-13-17(14-10-6-2,15-11-7-3)16-12-8-4;1-7(10(13)14)11-9(12)8-5-3-2-4-6-8/h5-16H2,1-4H3;2-7H,1H3,(H,11,12)(H,13,14)/q+1;. The minimum atomic E-state index is -1.05. The van der Waals surface area contributed by atoms with Gasteiger partial charge in [-0.3, -0.25) is 9.59 Å². The van der Waals surface area contributed by atoms with Crippen LogP contribution in [0.25, 0.3) is 0 Å². The number of aliphatic carboxylic acids is 1. The number of benzene rings is 1. The zero-order chi connectivity index (χ0) is 23.5. The molecule has 1 rings (SSSR count). The summed E-state index contributed by atoms with van der Waals surface area (Å²) in [5.74, 6) is -1.42. The molecule has 1 unspecified atom stereocenters. The summed E-state index contributed by atoms with van der Waals surface area (Å²) in [4.78, 5) is 21.8. The van der Waals surface area contributed by atoms with E-state index in [-0.39, 0.29) is 5.91 Å². The van der Waals surface area contributed by atoms with Gasteiger partial charge in [0.25, 0.3) is 5.91 Å². The van der Waals surface area contributed by atoms with Gasteiger partial charge in [-0.1, -0.05) is 71.6 Å². The molecule has 0 aliphatic carbocycles. The van der Waals surface area contributed by atoms with Gasteiger partial charge in [0.15, 0.2) is 0 Å². The molecular formula is C26H47NO3P+. The lowest BCUT2D eigenvalue weighted by Gasteiger charge is -2.28. The molecule has 1 amide bonds. The molecule has 2 N–H and O–H groups in total. The second kappa shape index (κ2) is 18.2. The minimum absolute atomic E-state index is 0.375. The highest BCUT2D eigenvalue weighted by atomic mass is 31.2. The quantitative estimate of drug-likeness (QED) is 0.279. The van der Waals surface area contributed by atoms with Gasteiger partial charge < -0.3 is 10.4 Å². The van der Waals surface area contributed by atoms with E-state index in [4.69, 9.17) is 5.11 Å². The first-order chi connectivity index (χ1) is 14.9. The first-order valence-electron chi connectivity index (χ1n) is 12.3. The van der Waals surface area contributed by atoms with Crippen LogP contribution in [0.15, 0.2) is 30.3 Å². The van der Waals surface area contributed by atoms with Gasteiger partial charge in [-0.2, -0.15) is 0 Å². The van der Waals surface area contributed by atoms with Crippen molar-refractivity contribution in [1.82, 2.24) is 5.32 Å². The molecule has 0 saturated carbocycles. The van der Waals surface area contributed by atoms with Crippen molar-refractivity contribution in [2.75, 3.05) is 24.6 Å². The Balaban J connectivity index is 0.000000590. The third-order valence-electron chi connectivity index (χ3n) is 5.70. The Bertz CT molecular complexity index is 554. The zero-order valence-electron chi connectivity index (χ0n) is 20.7. The monoisotopic (exact) mass is 452 g/mol. The van der Waals surface area contributed by atoms with Crippen LogP contribution in [0.2, 0.25) is 0 Å². The highest BCUT2D eigenvalue weighted by Crippen LogP contribution is 2.61. The van der Waals surface area contributed by atoms with Crippen LogP contribution in [-0.2, 0) is 4.79 Å². The summed E-state index contributed by atoms with van der Waals surface area (Å²) in [6.07, 6.45) is 17.9. The number of hydrogen-bond acceptors (Lipinski definition) is 2. The van der Waals surface area contributed by atoms with Crippen molar-refractivity contribution in [3.8, 4) is 0 Å². The van der Waals surface area contributed by atoms with Crippen LogP contribution < -0.4 is 5.32 Å². The fourth-order valence-corrected chi connectivity index (χ4v) is 8.87. The highest BCUT2D eigenvalue weighted by Gasteiger charge is 2.34. The van der Waals surface area contributed by atoms with E-state index in [9.17, 15) is 9.59 Å². The van der Waals surface area contributed by atoms with Crippen molar-refractivity contribution in [3.05, 3.63) is 35.9 Å². The average molecular weight is 453 g/mol. The van der Waals surface area contributed by atoms with Crippen molar-refractivity contribution in [2.45, 2.75) is 92.0 Å². The van der Waals surface area contributed by atoms with E-state index in [0.29, 0.717) is 5.56 Å². The molecule has 0 bridgehead atoms. The highest BCUT2D eigenvalue weighted by molar-refractivity contribution is 7.75. The van der Waals surface area contributed by atoms with Crippen molar-refractivity contribution in [3.63, 3.8) is 0 Å². The number of nitrogens with one attached hydrogen (secondary N) is 1. The van der Waals surface area contributed by atoms with Gasteiger partial charge in [0.2, 0.25) is 0 Å². The van der Waals surface area contributed by atoms with Crippen LogP contribution in [0.5, 0.6) is 0 Å². The maximum atomic E-state index is 11.4. The SMILES string of the molecule is CC(NC(=O)c1ccccc1)C(=O)O.CCCC[P+](CCCC)(CCCC)CCCC. The van der Waals surface area contributed by atoms with Crippen molar-refractivity contribution in [2.24, 2.45) is 0 Å². The zero-order valence-corrected chi connectivity index (χ0v) is 21.6. The maximum Gasteiger partial charge on any atom is 0.325 e. The predicted molar refractivity (Wildman–Crippen MR) is 137 cm³/mol. The van der Waals surface area contributed by atoms with Crippen LogP contribution in [0.1, 0.15) is 96.3 Å². The van der Waals surface area contributed by atoms with E-state index in [1.54, 1.807) is 55.0 Å². The van der Waals surface area contributed by atoms with Gasteiger partial charge >= 0.3 is 5.97 Å². The van der Waals surface area contributed by atoms with Gasteiger partial charge in [-0.05, 0) is 44.7 Å². The van der Waals surface area contributed by atoms with E-state index in [0.717, 1.165) is 0 Å². The van der Waals surface area contributed by atoms with Crippen molar-refractivity contribution in [1.29, 1.82) is 0 Å². The molecule has 0 spiro atoms. The van der Waals surface area contributed by atoms with E-state index >= 15 is 0 Å². The summed E-state index contributed by atoms with van der Waals surface area (Å²) in [7, 11) is -0.562. The Labute approximate surface area is 191 Å². The molecule has 0 aliphatic rings. The third kappa shape index (κ3) is 13.6. The predicted octanol–water partition coefficient (Wildman–Crippen LogP) is 7.09. The molecule has 178 valence electrons. The molecule has 0 fully saturated rings. The molecule has 4 nitrogen and oxygen atoms in total. The Morgan fingerprint density at radius 3 is 1.52 bits per heavy atom. The second-order valence-corrected chi connectivity index (χ2v) is 13.0. The third-order valence-corrected chi connectivity index (χ3v) is 10.8. The van der Waals surface area contributed by atoms with E-state index in [1.807, 2.05) is 0 Å². The summed E-state index contributed by atoms with van der Waals surface area (Å²) in [6, 6.07) is 7.62. The summed E-state index contributed by atoms with van der Waals surface area (Å²) in [5.41, 5.74) is 0.459. The van der Waals surface area contributed by atoms with Gasteiger partial charge in [-0.15, -0.1) is 0 Å². The molecule has 1 atom stereocenters. The second-order valence-electron chi connectivity index (χ2n) is 8.55. The first kappa shape index (κ1) is 29.6. The maximum absolute atomic E-state index is 11.4. The van der Waals surface area contributed by atoms with Crippen LogP contribution in [0.3, 0.4) is 0 Å². The van der Waals surface area contributed by atoms with Crippen molar-refractivity contribution < 1.29 is 14.7 Å². The fourth-order valence-electron chi connectivity index (χ4n) is 3.58. The normalized spacial score (nSPS) is 11.9. The molecule has 1 aromatic rings. The summed E-state index contributed by atoms with van der Waals surface area (Å²) >= 11 is 0. The molecule has 0 aromatic heterocycles. The number of amides is 1. The largest absolute Gasteiger partial charge is 0.480 e. The van der Waals surface area contributed by atoms with Crippen LogP contribution in [-0.4, -0.2) is 47.7 Å². The number of unbranched alkanes of at least 4 members (excludes halogenated alkanes) is 4. The van der Waals surface area contributed by atoms with Gasteiger partial charge in [0.1, 0.15) is 6.04 Å². The molecule has 5 heteroatoms. The van der Waals surface area contributed by atoms with Crippen LogP contribution >= 0.6 is 7.26 Å². The number of carbonyl (C=O) groups is 2. The van der Waals surface area contributed by atoms with Crippen LogP contribution in [0, 0.1) is 0 Å². The molecular weight excluding hydrogens is 405 g/mol. The molecule has 0 saturated heterocycles. The molecule has 0 heterocycles. The lowest BCUT2D eigenvalue weighted by atomic mass is 10.2. The number of hydrogen-bond donors (Lipinski definition) is 2. The van der Waals surface area contributed by atoms with E-state index in [2.05, 4.69) is 33.0 Å². The number of carboxylic acids is 1. The lowest BCUT2D eigenvalue weighted by Crippen LogP contribution is -2.38. The fraction of sp³-hybridized carbons (Fsp3) is 0.692. The van der Waals surface area contributed by atoms with E-state index < -0.39 is 19.3 Å². The molecule has 0 radical (unpaired) electrons. The number of carbonyl (C=O) groups excluding carboxylic acids is 1. The number of rotatable bonds is 15. The minimum Gasteiger partial charge on any atom is -0.480 e. The average Bonchev–Trinajstić information content (AvgIpc) is 2.79. The lowest BCUT2D eigenvalue weighted by molar-refractivity contribution is -0.138. The molecule has 1 aromatic carbocycles. The van der Waals surface area contributed by atoms with Crippen LogP contribution in [0.4, 0.5) is 0 Å². The molecule has 0 aliphatic heterocycles. The Kier molecular flexibility index (Phi) is 17.4. The Morgan fingerprint density at radius 2 is 1.19 bits per heavy atom. The van der Waals surface area contributed by atoms with Gasteiger partial charge in [0.05, 0.1) is 24.6 Å². The smallest absolute Gasteiger partial charge is 0.325 e.